The largest absolute Gasteiger partial charge is 0.497 e. The molecule has 0 spiro atoms. The van der Waals surface area contributed by atoms with Crippen LogP contribution in [0.4, 0.5) is 0 Å². The lowest BCUT2D eigenvalue weighted by atomic mass is 9.89. The van der Waals surface area contributed by atoms with Gasteiger partial charge in [0.25, 0.3) is 5.91 Å². The number of aromatic amines is 1. The van der Waals surface area contributed by atoms with Gasteiger partial charge in [-0.25, -0.2) is 0 Å². The maximum atomic E-state index is 13.4. The number of benzene rings is 1. The molecule has 29 heavy (non-hydrogen) atoms. The molecule has 5 rings (SSSR count). The number of hydrogen-bond donors (Lipinski definition) is 1. The van der Waals surface area contributed by atoms with Gasteiger partial charge in [0.2, 0.25) is 0 Å². The fraction of sp³-hybridized carbons (Fsp3) is 0.545. The van der Waals surface area contributed by atoms with E-state index in [1.54, 1.807) is 7.11 Å². The van der Waals surface area contributed by atoms with Gasteiger partial charge in [-0.05, 0) is 50.4 Å². The van der Waals surface area contributed by atoms with E-state index in [9.17, 15) is 4.79 Å². The molecule has 1 amide bonds. The van der Waals surface area contributed by atoms with Crippen LogP contribution < -0.4 is 4.74 Å². The van der Waals surface area contributed by atoms with Crippen molar-refractivity contribution < 1.29 is 9.53 Å². The van der Waals surface area contributed by atoms with Crippen molar-refractivity contribution in [2.75, 3.05) is 33.8 Å². The number of amides is 1. The zero-order chi connectivity index (χ0) is 19.4. The number of aromatic nitrogens is 2. The van der Waals surface area contributed by atoms with Gasteiger partial charge in [-0.15, -0.1) is 12.4 Å². The first-order valence-corrected chi connectivity index (χ1v) is 10.2. The van der Waals surface area contributed by atoms with E-state index < -0.39 is 0 Å². The van der Waals surface area contributed by atoms with Gasteiger partial charge in [0, 0.05) is 43.2 Å². The fourth-order valence-electron chi connectivity index (χ4n) is 5.25. The predicted molar refractivity (Wildman–Crippen MR) is 114 cm³/mol. The van der Waals surface area contributed by atoms with E-state index in [0.29, 0.717) is 23.8 Å². The third-order valence-electron chi connectivity index (χ3n) is 6.79. The Labute approximate surface area is 178 Å². The summed E-state index contributed by atoms with van der Waals surface area (Å²) >= 11 is 0. The molecule has 2 aliphatic heterocycles. The summed E-state index contributed by atoms with van der Waals surface area (Å²) in [5.41, 5.74) is 4.04. The SMILES string of the molecule is COc1ccc([C@@H]2[C@@H]3CN(C(=O)c4c(C5CC5)n[nH]c4C)C[C@@H]3CN2C)cc1.Cl. The first kappa shape index (κ1) is 20.2. The van der Waals surface area contributed by atoms with Gasteiger partial charge in [-0.2, -0.15) is 5.10 Å². The smallest absolute Gasteiger partial charge is 0.257 e. The van der Waals surface area contributed by atoms with Crippen LogP contribution in [0.2, 0.25) is 0 Å². The highest BCUT2D eigenvalue weighted by molar-refractivity contribution is 5.97. The van der Waals surface area contributed by atoms with Crippen molar-refractivity contribution in [3.8, 4) is 5.75 Å². The molecule has 7 heteroatoms. The molecule has 3 heterocycles. The summed E-state index contributed by atoms with van der Waals surface area (Å²) < 4.78 is 5.31. The van der Waals surface area contributed by atoms with Crippen molar-refractivity contribution >= 4 is 18.3 Å². The number of hydrogen-bond acceptors (Lipinski definition) is 4. The molecule has 6 nitrogen and oxygen atoms in total. The van der Waals surface area contributed by atoms with Crippen LogP contribution in [0.1, 0.15) is 52.1 Å². The third kappa shape index (κ3) is 3.42. The lowest BCUT2D eigenvalue weighted by Crippen LogP contribution is -2.34. The van der Waals surface area contributed by atoms with Gasteiger partial charge in [-0.1, -0.05) is 12.1 Å². The summed E-state index contributed by atoms with van der Waals surface area (Å²) in [4.78, 5) is 17.9. The molecule has 1 saturated carbocycles. The molecule has 1 aromatic carbocycles. The Morgan fingerprint density at radius 3 is 2.55 bits per heavy atom. The topological polar surface area (TPSA) is 61.5 Å². The number of nitrogens with zero attached hydrogens (tertiary/aromatic N) is 3. The van der Waals surface area contributed by atoms with E-state index in [2.05, 4.69) is 39.2 Å². The number of rotatable bonds is 4. The average molecular weight is 417 g/mol. The molecule has 0 unspecified atom stereocenters. The quantitative estimate of drug-likeness (QED) is 0.829. The van der Waals surface area contributed by atoms with Crippen LogP contribution in [0.5, 0.6) is 5.75 Å². The van der Waals surface area contributed by atoms with Gasteiger partial charge in [0.15, 0.2) is 0 Å². The number of halogens is 1. The number of nitrogens with one attached hydrogen (secondary N) is 1. The van der Waals surface area contributed by atoms with E-state index in [4.69, 9.17) is 4.74 Å². The second-order valence-electron chi connectivity index (χ2n) is 8.67. The van der Waals surface area contributed by atoms with Gasteiger partial charge in [-0.3, -0.25) is 14.8 Å². The molecule has 2 saturated heterocycles. The number of fused-ring (bicyclic) bond motifs is 1. The van der Waals surface area contributed by atoms with Crippen LogP contribution in [0.25, 0.3) is 0 Å². The van der Waals surface area contributed by atoms with Gasteiger partial charge in [0.05, 0.1) is 18.4 Å². The number of methoxy groups -OCH3 is 1. The maximum absolute atomic E-state index is 13.4. The van der Waals surface area contributed by atoms with Gasteiger partial charge in [0.1, 0.15) is 5.75 Å². The van der Waals surface area contributed by atoms with Crippen LogP contribution in [-0.4, -0.2) is 59.7 Å². The van der Waals surface area contributed by atoms with E-state index in [-0.39, 0.29) is 18.3 Å². The zero-order valence-corrected chi connectivity index (χ0v) is 18.0. The van der Waals surface area contributed by atoms with Gasteiger partial charge >= 0.3 is 0 Å². The normalized spacial score (nSPS) is 26.3. The lowest BCUT2D eigenvalue weighted by molar-refractivity contribution is 0.0766. The summed E-state index contributed by atoms with van der Waals surface area (Å²) in [6, 6.07) is 8.74. The first-order chi connectivity index (χ1) is 13.6. The van der Waals surface area contributed by atoms with Crippen LogP contribution in [0, 0.1) is 18.8 Å². The second kappa shape index (κ2) is 7.65. The number of likely N-dealkylation sites (tertiary alicyclic amines) is 2. The highest BCUT2D eigenvalue weighted by atomic mass is 35.5. The van der Waals surface area contributed by atoms with Crippen LogP contribution in [-0.2, 0) is 0 Å². The number of aryl methyl sites for hydroxylation is 1. The Morgan fingerprint density at radius 1 is 1.17 bits per heavy atom. The number of H-pyrrole nitrogens is 1. The first-order valence-electron chi connectivity index (χ1n) is 10.2. The van der Waals surface area contributed by atoms with E-state index in [1.165, 1.54) is 5.56 Å². The minimum absolute atomic E-state index is 0. The maximum Gasteiger partial charge on any atom is 0.257 e. The molecule has 3 aliphatic rings. The molecule has 156 valence electrons. The van der Waals surface area contributed by atoms with E-state index in [1.807, 2.05) is 19.1 Å². The number of ether oxygens (including phenoxy) is 1. The third-order valence-corrected chi connectivity index (χ3v) is 6.79. The predicted octanol–water partition coefficient (Wildman–Crippen LogP) is 3.40. The number of carbonyl (C=O) groups is 1. The van der Waals surface area contributed by atoms with Gasteiger partial charge < -0.3 is 9.64 Å². The Bertz CT molecular complexity index is 893. The molecule has 2 aromatic rings. The average Bonchev–Trinajstić information content (AvgIpc) is 3.24. The molecule has 1 N–H and O–H groups in total. The molecular formula is C22H29ClN4O2. The molecular weight excluding hydrogens is 388 g/mol. The fourth-order valence-corrected chi connectivity index (χ4v) is 5.25. The van der Waals surface area contributed by atoms with Crippen molar-refractivity contribution in [2.45, 2.75) is 31.7 Å². The zero-order valence-electron chi connectivity index (χ0n) is 17.2. The molecule has 3 atom stereocenters. The second-order valence-corrected chi connectivity index (χ2v) is 8.67. The highest BCUT2D eigenvalue weighted by Crippen LogP contribution is 2.46. The summed E-state index contributed by atoms with van der Waals surface area (Å²) in [5, 5.41) is 7.49. The molecule has 3 fully saturated rings. The summed E-state index contributed by atoms with van der Waals surface area (Å²) in [6.07, 6.45) is 2.31. The minimum atomic E-state index is 0. The van der Waals surface area contributed by atoms with Crippen LogP contribution in [0.15, 0.2) is 24.3 Å². The molecule has 1 aliphatic carbocycles. The lowest BCUT2D eigenvalue weighted by Gasteiger charge is -2.27. The highest BCUT2D eigenvalue weighted by Gasteiger charge is 2.48. The van der Waals surface area contributed by atoms with Crippen molar-refractivity contribution in [1.29, 1.82) is 0 Å². The summed E-state index contributed by atoms with van der Waals surface area (Å²) in [6.45, 7) is 4.66. The van der Waals surface area contributed by atoms with Crippen molar-refractivity contribution in [2.24, 2.45) is 11.8 Å². The molecule has 0 bridgehead atoms. The van der Waals surface area contributed by atoms with E-state index >= 15 is 0 Å². The number of carbonyl (C=O) groups excluding carboxylic acids is 1. The summed E-state index contributed by atoms with van der Waals surface area (Å²) in [5.74, 6) is 2.52. The van der Waals surface area contributed by atoms with Crippen molar-refractivity contribution in [3.63, 3.8) is 0 Å². The monoisotopic (exact) mass is 416 g/mol. The Morgan fingerprint density at radius 2 is 1.90 bits per heavy atom. The Hall–Kier alpha value is -2.05. The van der Waals surface area contributed by atoms with Crippen molar-refractivity contribution in [3.05, 3.63) is 46.8 Å². The van der Waals surface area contributed by atoms with E-state index in [0.717, 1.165) is 55.2 Å². The Balaban J connectivity index is 0.00000205. The standard InChI is InChI=1S/C22H28N4O2.ClH/c1-13-19(20(24-23-13)14-4-5-14)22(27)26-11-16-10-25(2)21(18(16)12-26)15-6-8-17(28-3)9-7-15;/h6-9,14,16,18,21H,4-5,10-12H2,1-3H3,(H,23,24);1H/t16-,18+,21+;/m0./s1. The van der Waals surface area contributed by atoms with Crippen molar-refractivity contribution in [1.82, 2.24) is 20.0 Å². The minimum Gasteiger partial charge on any atom is -0.497 e. The summed E-state index contributed by atoms with van der Waals surface area (Å²) in [7, 11) is 3.89. The molecule has 1 aromatic heterocycles. The molecule has 0 radical (unpaired) electrons. The van der Waals surface area contributed by atoms with Crippen LogP contribution in [0.3, 0.4) is 0 Å². The van der Waals surface area contributed by atoms with Crippen LogP contribution >= 0.6 is 12.4 Å². The Kier molecular flexibility index (Phi) is 5.34.